The highest BCUT2D eigenvalue weighted by molar-refractivity contribution is 6.35. The van der Waals surface area contributed by atoms with Crippen molar-refractivity contribution in [3.8, 4) is 5.75 Å². The predicted molar refractivity (Wildman–Crippen MR) is 151 cm³/mol. The van der Waals surface area contributed by atoms with Crippen molar-refractivity contribution in [3.05, 3.63) is 82.2 Å². The van der Waals surface area contributed by atoms with Gasteiger partial charge in [-0.15, -0.1) is 0 Å². The first-order chi connectivity index (χ1) is 18.7. The van der Waals surface area contributed by atoms with E-state index in [1.807, 2.05) is 24.3 Å². The molecule has 204 valence electrons. The van der Waals surface area contributed by atoms with E-state index in [0.717, 1.165) is 37.1 Å². The summed E-state index contributed by atoms with van der Waals surface area (Å²) in [7, 11) is 0. The molecule has 8 nitrogen and oxygen atoms in total. The highest BCUT2D eigenvalue weighted by Crippen LogP contribution is 2.39. The van der Waals surface area contributed by atoms with Crippen molar-refractivity contribution < 1.29 is 14.3 Å². The number of nitrogens with zero attached hydrogens (tertiary/aromatic N) is 3. The van der Waals surface area contributed by atoms with Crippen LogP contribution >= 0.6 is 23.2 Å². The molecular formula is C29H31Cl2N5O3. The number of carbonyl (C=O) groups excluding carboxylic acids is 2. The summed E-state index contributed by atoms with van der Waals surface area (Å²) >= 11 is 12.2. The molecule has 1 aromatic carbocycles. The smallest absolute Gasteiger partial charge is 0.263 e. The summed E-state index contributed by atoms with van der Waals surface area (Å²) in [5, 5.41) is 6.98. The number of hydrogen-bond donors (Lipinski definition) is 2. The summed E-state index contributed by atoms with van der Waals surface area (Å²) < 4.78 is 5.97. The number of hydrogen-bond acceptors (Lipinski definition) is 6. The van der Waals surface area contributed by atoms with Crippen LogP contribution in [0.1, 0.15) is 55.5 Å². The molecule has 0 aliphatic carbocycles. The second-order valence-corrected chi connectivity index (χ2v) is 11.4. The lowest BCUT2D eigenvalue weighted by molar-refractivity contribution is -0.135. The Balaban J connectivity index is 1.17. The topological polar surface area (TPSA) is 96.5 Å². The van der Waals surface area contributed by atoms with Crippen molar-refractivity contribution in [1.82, 2.24) is 20.6 Å². The van der Waals surface area contributed by atoms with Gasteiger partial charge in [-0.3, -0.25) is 14.6 Å². The zero-order chi connectivity index (χ0) is 27.6. The van der Waals surface area contributed by atoms with Crippen LogP contribution in [0.4, 0.5) is 5.82 Å². The van der Waals surface area contributed by atoms with E-state index >= 15 is 0 Å². The molecule has 0 spiro atoms. The number of rotatable bonds is 8. The van der Waals surface area contributed by atoms with Gasteiger partial charge in [0.15, 0.2) is 5.60 Å². The highest BCUT2D eigenvalue weighted by Gasteiger charge is 2.43. The van der Waals surface area contributed by atoms with E-state index in [4.69, 9.17) is 27.9 Å². The number of fused-ring (bicyclic) bond motifs is 2. The van der Waals surface area contributed by atoms with E-state index < -0.39 is 5.60 Å². The minimum absolute atomic E-state index is 0.0352. The Morgan fingerprint density at radius 2 is 1.77 bits per heavy atom. The quantitative estimate of drug-likeness (QED) is 0.389. The summed E-state index contributed by atoms with van der Waals surface area (Å²) in [4.78, 5) is 36.7. The van der Waals surface area contributed by atoms with Crippen LogP contribution in [0.25, 0.3) is 0 Å². The van der Waals surface area contributed by atoms with E-state index in [9.17, 15) is 9.59 Å². The average Bonchev–Trinajstić information content (AvgIpc) is 3.19. The Morgan fingerprint density at radius 1 is 1.05 bits per heavy atom. The molecule has 2 N–H and O–H groups in total. The molecule has 3 aromatic rings. The van der Waals surface area contributed by atoms with Crippen LogP contribution in [-0.4, -0.2) is 45.5 Å². The minimum atomic E-state index is -1.11. The lowest BCUT2D eigenvalue weighted by atomic mass is 9.96. The molecule has 0 saturated carbocycles. The Morgan fingerprint density at radius 3 is 2.41 bits per heavy atom. The minimum Gasteiger partial charge on any atom is -0.476 e. The molecule has 5 rings (SSSR count). The van der Waals surface area contributed by atoms with Crippen LogP contribution in [0.15, 0.2) is 61.1 Å². The predicted octanol–water partition coefficient (Wildman–Crippen LogP) is 5.19. The number of aromatic nitrogens is 2. The molecule has 2 bridgehead atoms. The van der Waals surface area contributed by atoms with Gasteiger partial charge >= 0.3 is 0 Å². The van der Waals surface area contributed by atoms with Gasteiger partial charge in [-0.25, -0.2) is 4.98 Å². The number of amides is 2. The van der Waals surface area contributed by atoms with E-state index in [2.05, 4.69) is 25.5 Å². The third-order valence-electron chi connectivity index (χ3n) is 7.35. The second-order valence-electron chi connectivity index (χ2n) is 10.6. The van der Waals surface area contributed by atoms with Crippen LogP contribution < -0.4 is 20.3 Å². The molecule has 2 aromatic heterocycles. The van der Waals surface area contributed by atoms with Gasteiger partial charge in [0.25, 0.3) is 11.8 Å². The zero-order valence-corrected chi connectivity index (χ0v) is 23.4. The molecule has 2 aliphatic heterocycles. The maximum Gasteiger partial charge on any atom is 0.263 e. The molecule has 2 saturated heterocycles. The maximum absolute atomic E-state index is 13.2. The third-order valence-corrected chi connectivity index (χ3v) is 7.88. The van der Waals surface area contributed by atoms with Crippen LogP contribution in [0.5, 0.6) is 5.75 Å². The third kappa shape index (κ3) is 6.28. The fourth-order valence-corrected chi connectivity index (χ4v) is 5.81. The van der Waals surface area contributed by atoms with E-state index in [1.54, 1.807) is 50.6 Å². The number of carbonyl (C=O) groups is 2. The largest absolute Gasteiger partial charge is 0.476 e. The molecule has 2 amide bonds. The van der Waals surface area contributed by atoms with Crippen molar-refractivity contribution in [2.24, 2.45) is 0 Å². The van der Waals surface area contributed by atoms with Gasteiger partial charge in [0.1, 0.15) is 11.6 Å². The lowest BCUT2D eigenvalue weighted by Crippen LogP contribution is -2.55. The fraction of sp³-hybridized carbons (Fsp3) is 0.379. The van der Waals surface area contributed by atoms with Crippen LogP contribution in [0, 0.1) is 0 Å². The molecule has 2 atom stereocenters. The molecular weight excluding hydrogens is 537 g/mol. The zero-order valence-electron chi connectivity index (χ0n) is 21.9. The number of nitrogens with one attached hydrogen (secondary N) is 2. The number of pyridine rings is 2. The van der Waals surface area contributed by atoms with Gasteiger partial charge in [0, 0.05) is 48.3 Å². The van der Waals surface area contributed by atoms with E-state index in [0.29, 0.717) is 27.9 Å². The van der Waals surface area contributed by atoms with E-state index in [1.165, 1.54) is 0 Å². The van der Waals surface area contributed by atoms with Gasteiger partial charge in [-0.2, -0.15) is 0 Å². The molecule has 2 aliphatic rings. The summed E-state index contributed by atoms with van der Waals surface area (Å²) in [5.74, 6) is 0.919. The number of halogens is 2. The Hall–Kier alpha value is -3.36. The van der Waals surface area contributed by atoms with E-state index in [-0.39, 0.29) is 29.9 Å². The second kappa shape index (κ2) is 11.4. The van der Waals surface area contributed by atoms with Crippen LogP contribution in [-0.2, 0) is 11.3 Å². The summed E-state index contributed by atoms with van der Waals surface area (Å²) in [6, 6.07) is 13.0. The Labute approximate surface area is 238 Å². The van der Waals surface area contributed by atoms with Crippen molar-refractivity contribution in [2.45, 2.75) is 69.8 Å². The fourth-order valence-electron chi connectivity index (χ4n) is 5.37. The molecule has 2 fully saturated rings. The summed E-state index contributed by atoms with van der Waals surface area (Å²) in [6.07, 6.45) is 8.73. The summed E-state index contributed by atoms with van der Waals surface area (Å²) in [5.41, 5.74) is 0.395. The number of benzene rings is 1. The normalized spacial score (nSPS) is 20.4. The van der Waals surface area contributed by atoms with Crippen LogP contribution in [0.2, 0.25) is 10.0 Å². The van der Waals surface area contributed by atoms with Crippen LogP contribution in [0.3, 0.4) is 0 Å². The van der Waals surface area contributed by atoms with Crippen molar-refractivity contribution in [3.63, 3.8) is 0 Å². The van der Waals surface area contributed by atoms with Crippen molar-refractivity contribution >= 4 is 40.8 Å². The first kappa shape index (κ1) is 27.2. The number of piperidine rings is 1. The molecule has 4 heterocycles. The maximum atomic E-state index is 13.2. The monoisotopic (exact) mass is 567 g/mol. The van der Waals surface area contributed by atoms with Gasteiger partial charge < -0.3 is 20.3 Å². The Bertz CT molecular complexity index is 1320. The SMILES string of the molecule is CC(C)(Oc1ccc(Cl)cc1Cl)C(=O)NC1CC2CCC(C1)N2c1ccc(C(=O)NCc2ccncc2)cn1. The number of anilines is 1. The first-order valence-corrected chi connectivity index (χ1v) is 13.8. The molecule has 0 radical (unpaired) electrons. The van der Waals surface area contributed by atoms with Gasteiger partial charge in [-0.05, 0) is 87.6 Å². The molecule has 39 heavy (non-hydrogen) atoms. The van der Waals surface area contributed by atoms with Crippen molar-refractivity contribution in [1.29, 1.82) is 0 Å². The molecule has 2 unspecified atom stereocenters. The Kier molecular flexibility index (Phi) is 7.96. The first-order valence-electron chi connectivity index (χ1n) is 13.1. The number of ether oxygens (including phenoxy) is 1. The summed E-state index contributed by atoms with van der Waals surface area (Å²) in [6.45, 7) is 3.90. The molecule has 10 heteroatoms. The van der Waals surface area contributed by atoms with Crippen molar-refractivity contribution in [2.75, 3.05) is 4.90 Å². The highest BCUT2D eigenvalue weighted by atomic mass is 35.5. The van der Waals surface area contributed by atoms with Gasteiger partial charge in [0.05, 0.1) is 10.6 Å². The lowest BCUT2D eigenvalue weighted by Gasteiger charge is -2.40. The van der Waals surface area contributed by atoms with Gasteiger partial charge in [0.2, 0.25) is 0 Å². The van der Waals surface area contributed by atoms with Gasteiger partial charge in [-0.1, -0.05) is 23.2 Å². The average molecular weight is 569 g/mol. The standard InChI is InChI=1S/C29H31Cl2N5O3/c1-29(2,39-25-7-4-20(30)13-24(25)31)28(38)35-21-14-22-5-6-23(15-21)36(22)26-8-3-19(17-33-26)27(37)34-16-18-9-11-32-12-10-18/h3-4,7-13,17,21-23H,5-6,14-16H2,1-2H3,(H,34,37)(H,35,38).